The molecule has 0 spiro atoms. The van der Waals surface area contributed by atoms with Gasteiger partial charge in [0.05, 0.1) is 6.54 Å². The summed E-state index contributed by atoms with van der Waals surface area (Å²) in [4.78, 5) is 11.2. The Bertz CT molecular complexity index is 532. The van der Waals surface area contributed by atoms with Crippen molar-refractivity contribution in [3.8, 4) is 0 Å². The zero-order chi connectivity index (χ0) is 18.6. The van der Waals surface area contributed by atoms with Gasteiger partial charge in [0.15, 0.2) is 11.8 Å². The van der Waals surface area contributed by atoms with Crippen LogP contribution in [0.5, 0.6) is 0 Å². The molecule has 27 heavy (non-hydrogen) atoms. The SMILES string of the molecule is CCOC(C)c1noc(CNC(=NC)NCCCN2CCCCCC2)n1.I. The van der Waals surface area contributed by atoms with Crippen LogP contribution in [0.2, 0.25) is 0 Å². The quantitative estimate of drug-likeness (QED) is 0.236. The average molecular weight is 494 g/mol. The summed E-state index contributed by atoms with van der Waals surface area (Å²) in [7, 11) is 1.76. The molecule has 8 nitrogen and oxygen atoms in total. The normalized spacial score (nSPS) is 17.1. The summed E-state index contributed by atoms with van der Waals surface area (Å²) >= 11 is 0. The first-order valence-corrected chi connectivity index (χ1v) is 9.84. The number of likely N-dealkylation sites (tertiary alicyclic amines) is 1. The largest absolute Gasteiger partial charge is 0.371 e. The van der Waals surface area contributed by atoms with Gasteiger partial charge < -0.3 is 24.8 Å². The summed E-state index contributed by atoms with van der Waals surface area (Å²) in [5.41, 5.74) is 0. The van der Waals surface area contributed by atoms with Crippen LogP contribution in [0.1, 0.15) is 63.8 Å². The van der Waals surface area contributed by atoms with E-state index in [4.69, 9.17) is 9.26 Å². The Labute approximate surface area is 179 Å². The maximum Gasteiger partial charge on any atom is 0.246 e. The third-order valence-electron chi connectivity index (χ3n) is 4.54. The van der Waals surface area contributed by atoms with Gasteiger partial charge in [0.1, 0.15) is 6.10 Å². The topological polar surface area (TPSA) is 87.8 Å². The van der Waals surface area contributed by atoms with Gasteiger partial charge in [-0.05, 0) is 52.7 Å². The summed E-state index contributed by atoms with van der Waals surface area (Å²) in [6.45, 7) is 9.45. The Balaban J connectivity index is 0.00000364. The molecule has 1 atom stereocenters. The molecule has 1 aliphatic rings. The molecule has 9 heteroatoms. The molecule has 1 aromatic heterocycles. The van der Waals surface area contributed by atoms with E-state index in [9.17, 15) is 0 Å². The minimum atomic E-state index is -0.158. The number of ether oxygens (including phenoxy) is 1. The minimum Gasteiger partial charge on any atom is -0.371 e. The van der Waals surface area contributed by atoms with Crippen LogP contribution in [-0.2, 0) is 11.3 Å². The molecule has 2 N–H and O–H groups in total. The molecule has 2 rings (SSSR count). The molecule has 0 aromatic carbocycles. The van der Waals surface area contributed by atoms with Crippen LogP contribution in [0.25, 0.3) is 0 Å². The first kappa shape index (κ1) is 24.1. The number of aromatic nitrogens is 2. The van der Waals surface area contributed by atoms with Gasteiger partial charge in [0.2, 0.25) is 5.89 Å². The zero-order valence-electron chi connectivity index (χ0n) is 16.9. The second-order valence-corrected chi connectivity index (χ2v) is 6.61. The molecule has 1 aliphatic heterocycles. The highest BCUT2D eigenvalue weighted by molar-refractivity contribution is 14.0. The van der Waals surface area contributed by atoms with E-state index >= 15 is 0 Å². The van der Waals surface area contributed by atoms with E-state index in [2.05, 4.69) is 30.7 Å². The van der Waals surface area contributed by atoms with Gasteiger partial charge in [-0.15, -0.1) is 24.0 Å². The summed E-state index contributed by atoms with van der Waals surface area (Å²) < 4.78 is 10.7. The van der Waals surface area contributed by atoms with Crippen LogP contribution >= 0.6 is 24.0 Å². The Morgan fingerprint density at radius 1 is 1.26 bits per heavy atom. The molecule has 156 valence electrons. The standard InChI is InChI=1S/C18H34N6O2.HI/c1-4-25-15(2)17-22-16(26-23-17)14-21-18(19-3)20-10-9-13-24-11-7-5-6-8-12-24;/h15H,4-14H2,1-3H3,(H2,19,20,21);1H. The van der Waals surface area contributed by atoms with Crippen molar-refractivity contribution in [3.05, 3.63) is 11.7 Å². The molecule has 0 amide bonds. The lowest BCUT2D eigenvalue weighted by Crippen LogP contribution is -2.38. The second-order valence-electron chi connectivity index (χ2n) is 6.61. The highest BCUT2D eigenvalue weighted by atomic mass is 127. The summed E-state index contributed by atoms with van der Waals surface area (Å²) in [5, 5.41) is 10.5. The van der Waals surface area contributed by atoms with Crippen molar-refractivity contribution in [3.63, 3.8) is 0 Å². The van der Waals surface area contributed by atoms with E-state index < -0.39 is 0 Å². The number of hydrogen-bond donors (Lipinski definition) is 2. The van der Waals surface area contributed by atoms with Gasteiger partial charge in [-0.3, -0.25) is 4.99 Å². The second kappa shape index (κ2) is 14.1. The summed E-state index contributed by atoms with van der Waals surface area (Å²) in [6, 6.07) is 0. The fraction of sp³-hybridized carbons (Fsp3) is 0.833. The first-order chi connectivity index (χ1) is 12.7. The van der Waals surface area contributed by atoms with Crippen LogP contribution in [0.4, 0.5) is 0 Å². The predicted molar refractivity (Wildman–Crippen MR) is 117 cm³/mol. The third kappa shape index (κ3) is 9.20. The van der Waals surface area contributed by atoms with E-state index in [0.717, 1.165) is 25.5 Å². The molecular formula is C18H35IN6O2. The predicted octanol–water partition coefficient (Wildman–Crippen LogP) is 2.72. The maximum absolute atomic E-state index is 5.47. The Hall–Kier alpha value is -0.940. The monoisotopic (exact) mass is 494 g/mol. The van der Waals surface area contributed by atoms with Crippen LogP contribution < -0.4 is 10.6 Å². The highest BCUT2D eigenvalue weighted by Crippen LogP contribution is 2.12. The highest BCUT2D eigenvalue weighted by Gasteiger charge is 2.14. The zero-order valence-corrected chi connectivity index (χ0v) is 19.2. The van der Waals surface area contributed by atoms with Crippen LogP contribution in [-0.4, -0.2) is 60.8 Å². The van der Waals surface area contributed by atoms with Crippen molar-refractivity contribution in [2.24, 2.45) is 4.99 Å². The van der Waals surface area contributed by atoms with Crippen molar-refractivity contribution in [2.75, 3.05) is 39.8 Å². The molecule has 0 bridgehead atoms. The van der Waals surface area contributed by atoms with Gasteiger partial charge in [0.25, 0.3) is 0 Å². The van der Waals surface area contributed by atoms with Crippen molar-refractivity contribution < 1.29 is 9.26 Å². The molecule has 1 unspecified atom stereocenters. The van der Waals surface area contributed by atoms with Crippen molar-refractivity contribution in [1.29, 1.82) is 0 Å². The summed E-state index contributed by atoms with van der Waals surface area (Å²) in [5.74, 6) is 1.85. The van der Waals surface area contributed by atoms with E-state index in [1.807, 2.05) is 13.8 Å². The van der Waals surface area contributed by atoms with E-state index in [1.165, 1.54) is 38.8 Å². The molecule has 2 heterocycles. The number of halogens is 1. The van der Waals surface area contributed by atoms with Gasteiger partial charge >= 0.3 is 0 Å². The van der Waals surface area contributed by atoms with Crippen LogP contribution in [0.15, 0.2) is 9.52 Å². The van der Waals surface area contributed by atoms with E-state index in [1.54, 1.807) is 7.05 Å². The van der Waals surface area contributed by atoms with Crippen molar-refractivity contribution in [1.82, 2.24) is 25.7 Å². The molecule has 0 aliphatic carbocycles. The van der Waals surface area contributed by atoms with Crippen molar-refractivity contribution in [2.45, 2.75) is 58.6 Å². The van der Waals surface area contributed by atoms with Gasteiger partial charge in [-0.1, -0.05) is 18.0 Å². The molecule has 1 fully saturated rings. The third-order valence-corrected chi connectivity index (χ3v) is 4.54. The summed E-state index contributed by atoms with van der Waals surface area (Å²) in [6.07, 6.45) is 6.39. The minimum absolute atomic E-state index is 0. The van der Waals surface area contributed by atoms with E-state index in [-0.39, 0.29) is 30.1 Å². The Morgan fingerprint density at radius 3 is 2.67 bits per heavy atom. The Kier molecular flexibility index (Phi) is 12.6. The van der Waals surface area contributed by atoms with Gasteiger partial charge in [-0.25, -0.2) is 0 Å². The fourth-order valence-corrected chi connectivity index (χ4v) is 3.08. The number of hydrogen-bond acceptors (Lipinski definition) is 6. The van der Waals surface area contributed by atoms with Gasteiger partial charge in [-0.2, -0.15) is 4.98 Å². The molecule has 1 aromatic rings. The number of aliphatic imine (C=N–C) groups is 1. The maximum atomic E-state index is 5.47. The molecule has 0 radical (unpaired) electrons. The van der Waals surface area contributed by atoms with E-state index in [0.29, 0.717) is 24.9 Å². The number of guanidine groups is 1. The lowest BCUT2D eigenvalue weighted by Gasteiger charge is -2.19. The fourth-order valence-electron chi connectivity index (χ4n) is 3.08. The lowest BCUT2D eigenvalue weighted by molar-refractivity contribution is 0.0683. The number of rotatable bonds is 9. The number of nitrogens with zero attached hydrogens (tertiary/aromatic N) is 4. The first-order valence-electron chi connectivity index (χ1n) is 9.84. The lowest BCUT2D eigenvalue weighted by atomic mass is 10.2. The van der Waals surface area contributed by atoms with Crippen molar-refractivity contribution >= 4 is 29.9 Å². The number of nitrogens with one attached hydrogen (secondary N) is 2. The average Bonchev–Trinajstić information content (AvgIpc) is 2.97. The smallest absolute Gasteiger partial charge is 0.246 e. The molecule has 0 saturated carbocycles. The van der Waals surface area contributed by atoms with Crippen LogP contribution in [0.3, 0.4) is 0 Å². The molecular weight excluding hydrogens is 459 g/mol. The molecule has 1 saturated heterocycles. The Morgan fingerprint density at radius 2 is 2.00 bits per heavy atom. The van der Waals surface area contributed by atoms with Crippen LogP contribution in [0, 0.1) is 0 Å². The van der Waals surface area contributed by atoms with Gasteiger partial charge in [0, 0.05) is 20.2 Å².